The SMILES string of the molecule is C=CCN1[C@@H]2CC[C@H]1CC(OC(c1ccc(F)cc1)c1ccc(F)cc1)C2. The van der Waals surface area contributed by atoms with Gasteiger partial charge in [0.2, 0.25) is 0 Å². The van der Waals surface area contributed by atoms with Gasteiger partial charge in [0.15, 0.2) is 0 Å². The first-order chi connectivity index (χ1) is 13.1. The average Bonchev–Trinajstić information content (AvgIpc) is 2.90. The lowest BCUT2D eigenvalue weighted by Gasteiger charge is -2.39. The maximum absolute atomic E-state index is 13.4. The molecule has 2 bridgehead atoms. The summed E-state index contributed by atoms with van der Waals surface area (Å²) in [4.78, 5) is 2.54. The second-order valence-electron chi connectivity index (χ2n) is 7.58. The molecule has 2 nitrogen and oxygen atoms in total. The first kappa shape index (κ1) is 18.3. The van der Waals surface area contributed by atoms with Crippen LogP contribution in [-0.4, -0.2) is 29.6 Å². The molecule has 2 aliphatic rings. The largest absolute Gasteiger partial charge is 0.365 e. The zero-order chi connectivity index (χ0) is 18.8. The summed E-state index contributed by atoms with van der Waals surface area (Å²) < 4.78 is 33.3. The molecule has 27 heavy (non-hydrogen) atoms. The minimum absolute atomic E-state index is 0.142. The predicted molar refractivity (Wildman–Crippen MR) is 102 cm³/mol. The Labute approximate surface area is 159 Å². The molecule has 0 spiro atoms. The standard InChI is InChI=1S/C23H25F2NO/c1-2-13-26-20-11-12-21(26)15-22(14-20)27-23(16-3-7-18(24)8-4-16)17-5-9-19(25)10-6-17/h2-10,20-23H,1,11-15H2/t20-,21+,22?. The van der Waals surface area contributed by atoms with Crippen LogP contribution in [0, 0.1) is 11.6 Å². The summed E-state index contributed by atoms with van der Waals surface area (Å²) in [6, 6.07) is 13.9. The van der Waals surface area contributed by atoms with Gasteiger partial charge in [0.1, 0.15) is 17.7 Å². The average molecular weight is 369 g/mol. The molecule has 2 saturated heterocycles. The summed E-state index contributed by atoms with van der Waals surface area (Å²) in [7, 11) is 0. The van der Waals surface area contributed by atoms with Gasteiger partial charge in [-0.3, -0.25) is 4.90 Å². The fourth-order valence-corrected chi connectivity index (χ4v) is 4.60. The van der Waals surface area contributed by atoms with Crippen LogP contribution in [0.25, 0.3) is 0 Å². The molecule has 142 valence electrons. The Hall–Kier alpha value is -2.04. The number of halogens is 2. The smallest absolute Gasteiger partial charge is 0.123 e. The third-order valence-electron chi connectivity index (χ3n) is 5.86. The zero-order valence-corrected chi connectivity index (χ0v) is 15.4. The van der Waals surface area contributed by atoms with E-state index in [0.29, 0.717) is 12.1 Å². The highest BCUT2D eigenvalue weighted by Gasteiger charge is 2.41. The number of piperidine rings is 1. The minimum Gasteiger partial charge on any atom is -0.365 e. The first-order valence-corrected chi connectivity index (χ1v) is 9.67. The van der Waals surface area contributed by atoms with Crippen molar-refractivity contribution in [2.75, 3.05) is 6.54 Å². The topological polar surface area (TPSA) is 12.5 Å². The lowest BCUT2D eigenvalue weighted by atomic mass is 9.97. The number of benzene rings is 2. The van der Waals surface area contributed by atoms with Crippen molar-refractivity contribution in [1.29, 1.82) is 0 Å². The molecule has 2 aromatic rings. The highest BCUT2D eigenvalue weighted by molar-refractivity contribution is 5.30. The highest BCUT2D eigenvalue weighted by atomic mass is 19.1. The van der Waals surface area contributed by atoms with Gasteiger partial charge in [-0.05, 0) is 61.1 Å². The van der Waals surface area contributed by atoms with E-state index in [0.717, 1.165) is 30.5 Å². The Kier molecular flexibility index (Phi) is 5.37. The lowest BCUT2D eigenvalue weighted by molar-refractivity contribution is -0.0457. The number of ether oxygens (including phenoxy) is 1. The summed E-state index contributed by atoms with van der Waals surface area (Å²) in [5, 5.41) is 0. The van der Waals surface area contributed by atoms with Gasteiger partial charge >= 0.3 is 0 Å². The third kappa shape index (κ3) is 3.97. The second kappa shape index (κ2) is 7.91. The first-order valence-electron chi connectivity index (χ1n) is 9.67. The van der Waals surface area contributed by atoms with E-state index in [1.165, 1.54) is 37.1 Å². The van der Waals surface area contributed by atoms with Crippen LogP contribution in [-0.2, 0) is 4.74 Å². The van der Waals surface area contributed by atoms with Gasteiger partial charge in [-0.2, -0.15) is 0 Å². The van der Waals surface area contributed by atoms with E-state index in [4.69, 9.17) is 4.74 Å². The number of hydrogen-bond donors (Lipinski definition) is 0. The molecule has 3 atom stereocenters. The van der Waals surface area contributed by atoms with Crippen LogP contribution in [0.1, 0.15) is 42.9 Å². The van der Waals surface area contributed by atoms with E-state index in [1.807, 2.05) is 6.08 Å². The van der Waals surface area contributed by atoms with Gasteiger partial charge < -0.3 is 4.74 Å². The molecule has 0 amide bonds. The van der Waals surface area contributed by atoms with Crippen molar-refractivity contribution >= 4 is 0 Å². The van der Waals surface area contributed by atoms with Crippen LogP contribution in [0.4, 0.5) is 8.78 Å². The van der Waals surface area contributed by atoms with Crippen LogP contribution in [0.5, 0.6) is 0 Å². The number of nitrogens with zero attached hydrogens (tertiary/aromatic N) is 1. The molecule has 0 N–H and O–H groups in total. The molecule has 2 heterocycles. The van der Waals surface area contributed by atoms with Crippen LogP contribution in [0.2, 0.25) is 0 Å². The van der Waals surface area contributed by atoms with Gasteiger partial charge in [0.25, 0.3) is 0 Å². The van der Waals surface area contributed by atoms with E-state index in [1.54, 1.807) is 24.3 Å². The van der Waals surface area contributed by atoms with Gasteiger partial charge in [-0.1, -0.05) is 30.3 Å². The molecule has 0 aliphatic carbocycles. The minimum atomic E-state index is -0.318. The Morgan fingerprint density at radius 2 is 1.41 bits per heavy atom. The molecular weight excluding hydrogens is 344 g/mol. The molecule has 2 fully saturated rings. The maximum atomic E-state index is 13.4. The van der Waals surface area contributed by atoms with Gasteiger partial charge in [0.05, 0.1) is 6.10 Å². The van der Waals surface area contributed by atoms with Crippen molar-refractivity contribution in [1.82, 2.24) is 4.90 Å². The van der Waals surface area contributed by atoms with Gasteiger partial charge in [-0.25, -0.2) is 8.78 Å². The van der Waals surface area contributed by atoms with E-state index >= 15 is 0 Å². The third-order valence-corrected chi connectivity index (χ3v) is 5.86. The molecular formula is C23H25F2NO. The number of rotatable bonds is 6. The monoisotopic (exact) mass is 369 g/mol. The molecule has 1 unspecified atom stereocenters. The molecule has 2 aliphatic heterocycles. The summed E-state index contributed by atoms with van der Waals surface area (Å²) >= 11 is 0. The second-order valence-corrected chi connectivity index (χ2v) is 7.58. The van der Waals surface area contributed by atoms with Crippen molar-refractivity contribution in [2.45, 2.75) is 50.0 Å². The van der Waals surface area contributed by atoms with Crippen molar-refractivity contribution in [3.63, 3.8) is 0 Å². The van der Waals surface area contributed by atoms with Gasteiger partial charge in [0, 0.05) is 18.6 Å². The van der Waals surface area contributed by atoms with Gasteiger partial charge in [-0.15, -0.1) is 6.58 Å². The summed E-state index contributed by atoms with van der Waals surface area (Å²) in [6.07, 6.45) is 6.19. The summed E-state index contributed by atoms with van der Waals surface area (Å²) in [5.74, 6) is -0.542. The molecule has 0 aromatic heterocycles. The summed E-state index contributed by atoms with van der Waals surface area (Å²) in [6.45, 7) is 4.81. The number of fused-ring (bicyclic) bond motifs is 2. The fraction of sp³-hybridized carbons (Fsp3) is 0.391. The van der Waals surface area contributed by atoms with Crippen LogP contribution >= 0.6 is 0 Å². The molecule has 2 aromatic carbocycles. The molecule has 0 radical (unpaired) electrons. The maximum Gasteiger partial charge on any atom is 0.123 e. The zero-order valence-electron chi connectivity index (χ0n) is 15.4. The highest BCUT2D eigenvalue weighted by Crippen LogP contribution is 2.39. The normalized spacial score (nSPS) is 25.1. The van der Waals surface area contributed by atoms with Crippen molar-refractivity contribution < 1.29 is 13.5 Å². The van der Waals surface area contributed by atoms with E-state index < -0.39 is 0 Å². The van der Waals surface area contributed by atoms with E-state index in [2.05, 4.69) is 11.5 Å². The molecule has 0 saturated carbocycles. The quantitative estimate of drug-likeness (QED) is 0.645. The van der Waals surface area contributed by atoms with Crippen molar-refractivity contribution in [2.24, 2.45) is 0 Å². The van der Waals surface area contributed by atoms with E-state index in [-0.39, 0.29) is 23.8 Å². The Morgan fingerprint density at radius 1 is 0.926 bits per heavy atom. The predicted octanol–water partition coefficient (Wildman–Crippen LogP) is 5.25. The van der Waals surface area contributed by atoms with Crippen molar-refractivity contribution in [3.05, 3.63) is 83.9 Å². The Balaban J connectivity index is 1.56. The number of hydrogen-bond acceptors (Lipinski definition) is 2. The molecule has 4 heteroatoms. The Bertz CT molecular complexity index is 714. The van der Waals surface area contributed by atoms with E-state index in [9.17, 15) is 8.78 Å². The Morgan fingerprint density at radius 3 is 1.85 bits per heavy atom. The molecule has 4 rings (SSSR count). The summed E-state index contributed by atoms with van der Waals surface area (Å²) in [5.41, 5.74) is 1.78. The van der Waals surface area contributed by atoms with Crippen LogP contribution < -0.4 is 0 Å². The lowest BCUT2D eigenvalue weighted by Crippen LogP contribution is -2.45. The van der Waals surface area contributed by atoms with Crippen LogP contribution in [0.3, 0.4) is 0 Å². The van der Waals surface area contributed by atoms with Crippen LogP contribution in [0.15, 0.2) is 61.2 Å². The van der Waals surface area contributed by atoms with Crippen molar-refractivity contribution in [3.8, 4) is 0 Å². The fourth-order valence-electron chi connectivity index (χ4n) is 4.60.